The second-order valence-corrected chi connectivity index (χ2v) is 13.6. The molecule has 0 unspecified atom stereocenters. The Hall–Kier alpha value is -5.18. The number of rotatable bonds is 5. The third kappa shape index (κ3) is 4.59. The number of fused-ring (bicyclic) bond motifs is 4. The van der Waals surface area contributed by atoms with Crippen molar-refractivity contribution in [2.24, 2.45) is 0 Å². The van der Waals surface area contributed by atoms with Crippen molar-refractivity contribution in [3.8, 4) is 33.4 Å². The smallest absolute Gasteiger partial charge is 0.0454 e. The van der Waals surface area contributed by atoms with E-state index in [1.165, 1.54) is 97.4 Å². The molecule has 47 heavy (non-hydrogen) atoms. The van der Waals surface area contributed by atoms with Crippen LogP contribution in [0.15, 0.2) is 121 Å². The Bertz CT molecular complexity index is 2470. The molecule has 1 heterocycles. The van der Waals surface area contributed by atoms with Gasteiger partial charge in [0.1, 0.15) is 0 Å². The highest BCUT2D eigenvalue weighted by Gasteiger charge is 2.24. The Labute approximate surface area is 280 Å². The highest BCUT2D eigenvalue weighted by molar-refractivity contribution is 7.20. The van der Waals surface area contributed by atoms with Crippen LogP contribution in [0, 0.1) is 13.8 Å². The number of hydrogen-bond donors (Lipinski definition) is 1. The van der Waals surface area contributed by atoms with E-state index in [-0.39, 0.29) is 0 Å². The van der Waals surface area contributed by atoms with Crippen LogP contribution in [0.3, 0.4) is 0 Å². The lowest BCUT2D eigenvalue weighted by Gasteiger charge is -2.21. The summed E-state index contributed by atoms with van der Waals surface area (Å²) in [6, 6.07) is 42.2. The molecule has 8 aromatic rings. The molecule has 0 aliphatic carbocycles. The van der Waals surface area contributed by atoms with Gasteiger partial charge in [-0.2, -0.15) is 0 Å². The average molecular weight is 624 g/mol. The van der Waals surface area contributed by atoms with Crippen molar-refractivity contribution in [1.82, 2.24) is 0 Å². The molecule has 8 rings (SSSR count). The van der Waals surface area contributed by atoms with Crippen molar-refractivity contribution in [3.63, 3.8) is 0 Å². The van der Waals surface area contributed by atoms with Crippen LogP contribution in [0.2, 0.25) is 0 Å². The molecule has 0 bridgehead atoms. The fraction of sp³-hybridized carbons (Fsp3) is 0.111. The summed E-state index contributed by atoms with van der Waals surface area (Å²) in [6.45, 7) is 8.79. The van der Waals surface area contributed by atoms with E-state index in [1.54, 1.807) is 0 Å². The van der Waals surface area contributed by atoms with Gasteiger partial charge in [-0.15, -0.1) is 11.3 Å². The molecular weight excluding hydrogens is 587 g/mol. The summed E-state index contributed by atoms with van der Waals surface area (Å²) in [4.78, 5) is 1.41. The number of thiophene rings is 1. The summed E-state index contributed by atoms with van der Waals surface area (Å²) < 4.78 is 1.29. The molecular formula is C45H37NS. The van der Waals surface area contributed by atoms with Crippen molar-refractivity contribution in [2.75, 3.05) is 5.73 Å². The zero-order chi connectivity index (χ0) is 32.2. The van der Waals surface area contributed by atoms with E-state index >= 15 is 0 Å². The lowest BCUT2D eigenvalue weighted by Crippen LogP contribution is -1.99. The lowest BCUT2D eigenvalue weighted by atomic mass is 9.83. The minimum Gasteiger partial charge on any atom is -0.398 e. The molecule has 0 atom stereocenters. The number of nitrogens with two attached hydrogens (primary N) is 1. The van der Waals surface area contributed by atoms with Gasteiger partial charge in [0, 0.05) is 31.8 Å². The van der Waals surface area contributed by atoms with Crippen LogP contribution in [0.1, 0.15) is 35.4 Å². The van der Waals surface area contributed by atoms with Crippen molar-refractivity contribution in [1.29, 1.82) is 0 Å². The predicted molar refractivity (Wildman–Crippen MR) is 209 cm³/mol. The fourth-order valence-corrected chi connectivity index (χ4v) is 8.86. The molecule has 228 valence electrons. The van der Waals surface area contributed by atoms with Crippen molar-refractivity contribution >= 4 is 65.5 Å². The quantitative estimate of drug-likeness (QED) is 0.150. The molecule has 0 aliphatic rings. The van der Waals surface area contributed by atoms with Gasteiger partial charge in [0.25, 0.3) is 0 Å². The van der Waals surface area contributed by atoms with E-state index in [0.717, 1.165) is 12.1 Å². The minimum atomic E-state index is 0.883. The largest absolute Gasteiger partial charge is 0.398 e. The van der Waals surface area contributed by atoms with Gasteiger partial charge in [0.05, 0.1) is 0 Å². The topological polar surface area (TPSA) is 26.0 Å². The Morgan fingerprint density at radius 3 is 1.74 bits per heavy atom. The summed E-state index contributed by atoms with van der Waals surface area (Å²) in [6.07, 6.45) is 5.44. The van der Waals surface area contributed by atoms with E-state index in [2.05, 4.69) is 155 Å². The van der Waals surface area contributed by atoms with Gasteiger partial charge >= 0.3 is 0 Å². The molecule has 0 saturated carbocycles. The SMILES string of the molecule is C/C=C\c1c(CC)sc2c(-c3c4ccccc4c(-c4ccc5cc(-c6ccccc6)ccc5c4)c4ccccc34)c(N)c(C)c(C)c12. The van der Waals surface area contributed by atoms with Crippen molar-refractivity contribution in [2.45, 2.75) is 34.1 Å². The van der Waals surface area contributed by atoms with Crippen LogP contribution in [-0.2, 0) is 6.42 Å². The Balaban J connectivity index is 1.44. The zero-order valence-electron chi connectivity index (χ0n) is 27.3. The van der Waals surface area contributed by atoms with E-state index in [0.29, 0.717) is 0 Å². The van der Waals surface area contributed by atoms with Gasteiger partial charge in [-0.3, -0.25) is 0 Å². The van der Waals surface area contributed by atoms with Crippen LogP contribution < -0.4 is 5.73 Å². The first-order valence-electron chi connectivity index (χ1n) is 16.5. The summed E-state index contributed by atoms with van der Waals surface area (Å²) in [7, 11) is 0. The van der Waals surface area contributed by atoms with Crippen LogP contribution in [0.5, 0.6) is 0 Å². The third-order valence-corrected chi connectivity index (χ3v) is 11.3. The predicted octanol–water partition coefficient (Wildman–Crippen LogP) is 13.2. The normalized spacial score (nSPS) is 11.9. The molecule has 0 radical (unpaired) electrons. The van der Waals surface area contributed by atoms with Gasteiger partial charge in [-0.25, -0.2) is 0 Å². The highest BCUT2D eigenvalue weighted by atomic mass is 32.1. The van der Waals surface area contributed by atoms with Gasteiger partial charge in [-0.1, -0.05) is 122 Å². The van der Waals surface area contributed by atoms with E-state index < -0.39 is 0 Å². The molecule has 7 aromatic carbocycles. The Morgan fingerprint density at radius 1 is 0.596 bits per heavy atom. The maximum Gasteiger partial charge on any atom is 0.0454 e. The van der Waals surface area contributed by atoms with Gasteiger partial charge in [0.15, 0.2) is 0 Å². The molecule has 0 aliphatic heterocycles. The van der Waals surface area contributed by atoms with E-state index in [1.807, 2.05) is 11.3 Å². The minimum absolute atomic E-state index is 0.883. The molecule has 0 spiro atoms. The monoisotopic (exact) mass is 623 g/mol. The Kier molecular flexibility index (Phi) is 7.19. The van der Waals surface area contributed by atoms with Crippen LogP contribution in [0.25, 0.3) is 81.9 Å². The molecule has 0 fully saturated rings. The molecule has 1 nitrogen and oxygen atoms in total. The molecule has 2 N–H and O–H groups in total. The number of aryl methyl sites for hydroxylation is 2. The Morgan fingerprint density at radius 2 is 1.15 bits per heavy atom. The second kappa shape index (κ2) is 11.6. The number of hydrogen-bond acceptors (Lipinski definition) is 2. The first kappa shape index (κ1) is 29.2. The molecule has 0 amide bonds. The fourth-order valence-electron chi connectivity index (χ4n) is 7.51. The van der Waals surface area contributed by atoms with Crippen molar-refractivity contribution in [3.05, 3.63) is 143 Å². The maximum atomic E-state index is 7.19. The van der Waals surface area contributed by atoms with Gasteiger partial charge in [-0.05, 0) is 111 Å². The first-order valence-corrected chi connectivity index (χ1v) is 17.3. The summed E-state index contributed by atoms with van der Waals surface area (Å²) in [5.74, 6) is 0. The summed E-state index contributed by atoms with van der Waals surface area (Å²) >= 11 is 1.91. The zero-order valence-corrected chi connectivity index (χ0v) is 28.1. The van der Waals surface area contributed by atoms with Crippen molar-refractivity contribution < 1.29 is 0 Å². The first-order chi connectivity index (χ1) is 23.0. The van der Waals surface area contributed by atoms with Crippen LogP contribution in [-0.4, -0.2) is 0 Å². The van der Waals surface area contributed by atoms with Crippen LogP contribution >= 0.6 is 11.3 Å². The third-order valence-electron chi connectivity index (χ3n) is 9.93. The van der Waals surface area contributed by atoms with E-state index in [9.17, 15) is 0 Å². The average Bonchev–Trinajstić information content (AvgIpc) is 3.48. The maximum absolute atomic E-state index is 7.19. The lowest BCUT2D eigenvalue weighted by molar-refractivity contribution is 1.18. The van der Waals surface area contributed by atoms with Crippen LogP contribution in [0.4, 0.5) is 5.69 Å². The summed E-state index contributed by atoms with van der Waals surface area (Å²) in [5, 5.41) is 8.77. The van der Waals surface area contributed by atoms with Gasteiger partial charge < -0.3 is 5.73 Å². The highest BCUT2D eigenvalue weighted by Crippen LogP contribution is 2.51. The summed E-state index contributed by atoms with van der Waals surface area (Å²) in [5.41, 5.74) is 19.2. The van der Waals surface area contributed by atoms with Gasteiger partial charge in [0.2, 0.25) is 0 Å². The molecule has 0 saturated heterocycles. The molecule has 1 aromatic heterocycles. The standard InChI is InChI=1S/C45H37NS/c1-5-14-38-39(6-2)47-45-40(38)27(3)28(4)44(46)43(45)42-36-19-12-10-17-34(36)41(35-18-11-13-20-37(35)42)33-24-23-31-25-30(21-22-32(31)26-33)29-15-8-7-9-16-29/h5,7-26H,6,46H2,1-4H3/b14-5-. The number of anilines is 1. The second-order valence-electron chi connectivity index (χ2n) is 12.5. The number of benzene rings is 7. The number of nitrogen functional groups attached to an aromatic ring is 1. The van der Waals surface area contributed by atoms with E-state index in [4.69, 9.17) is 5.73 Å². The number of allylic oxidation sites excluding steroid dienone is 1. The molecule has 2 heteroatoms.